The second-order valence-corrected chi connectivity index (χ2v) is 5.63. The second-order valence-electron chi connectivity index (χ2n) is 4.71. The summed E-state index contributed by atoms with van der Waals surface area (Å²) in [5.41, 5.74) is 3.90. The highest BCUT2D eigenvalue weighted by Crippen LogP contribution is 2.19. The number of nitrogens with zero attached hydrogens (tertiary/aromatic N) is 2. The summed E-state index contributed by atoms with van der Waals surface area (Å²) in [7, 11) is 2.13. The first kappa shape index (κ1) is 11.9. The Morgan fingerprint density at radius 1 is 1.44 bits per heavy atom. The van der Waals surface area contributed by atoms with Gasteiger partial charge >= 0.3 is 0 Å². The lowest BCUT2D eigenvalue weighted by atomic mass is 10.1. The first-order valence-electron chi connectivity index (χ1n) is 6.22. The molecule has 4 heteroatoms. The highest BCUT2D eigenvalue weighted by atomic mass is 79.9. The molecule has 2 heterocycles. The van der Waals surface area contributed by atoms with Crippen molar-refractivity contribution >= 4 is 15.9 Å². The van der Waals surface area contributed by atoms with E-state index in [0.717, 1.165) is 36.2 Å². The Hall–Kier alpha value is -1.13. The SMILES string of the molecule is Cn1c(Cc2cccc(Br)c2)nc2c1CCNC2. The zero-order valence-electron chi connectivity index (χ0n) is 10.4. The Balaban J connectivity index is 1.91. The molecular weight excluding hydrogens is 290 g/mol. The second kappa shape index (κ2) is 4.86. The minimum Gasteiger partial charge on any atom is -0.334 e. The Morgan fingerprint density at radius 2 is 2.33 bits per heavy atom. The van der Waals surface area contributed by atoms with Crippen molar-refractivity contribution in [1.29, 1.82) is 0 Å². The topological polar surface area (TPSA) is 29.9 Å². The Bertz CT molecular complexity index is 574. The van der Waals surface area contributed by atoms with Gasteiger partial charge in [-0.3, -0.25) is 0 Å². The van der Waals surface area contributed by atoms with Crippen LogP contribution in [0.5, 0.6) is 0 Å². The van der Waals surface area contributed by atoms with Gasteiger partial charge in [0.05, 0.1) is 5.69 Å². The Labute approximate surface area is 115 Å². The van der Waals surface area contributed by atoms with Crippen LogP contribution in [0.25, 0.3) is 0 Å². The van der Waals surface area contributed by atoms with E-state index in [4.69, 9.17) is 4.98 Å². The summed E-state index contributed by atoms with van der Waals surface area (Å²) >= 11 is 3.51. The molecule has 1 aromatic carbocycles. The van der Waals surface area contributed by atoms with E-state index in [0.29, 0.717) is 0 Å². The van der Waals surface area contributed by atoms with E-state index in [1.807, 2.05) is 0 Å². The minimum absolute atomic E-state index is 0.892. The number of imidazole rings is 1. The van der Waals surface area contributed by atoms with Crippen molar-refractivity contribution < 1.29 is 0 Å². The molecule has 3 rings (SSSR count). The third-order valence-electron chi connectivity index (χ3n) is 3.47. The molecule has 0 saturated carbocycles. The number of fused-ring (bicyclic) bond motifs is 1. The number of benzene rings is 1. The molecular formula is C14H16BrN3. The van der Waals surface area contributed by atoms with Crippen molar-refractivity contribution in [2.75, 3.05) is 6.54 Å². The number of rotatable bonds is 2. The van der Waals surface area contributed by atoms with Gasteiger partial charge in [0.25, 0.3) is 0 Å². The first-order valence-corrected chi connectivity index (χ1v) is 7.02. The molecule has 0 amide bonds. The zero-order chi connectivity index (χ0) is 12.5. The van der Waals surface area contributed by atoms with Crippen LogP contribution in [0.1, 0.15) is 22.8 Å². The van der Waals surface area contributed by atoms with E-state index < -0.39 is 0 Å². The third-order valence-corrected chi connectivity index (χ3v) is 3.96. The zero-order valence-corrected chi connectivity index (χ0v) is 12.0. The quantitative estimate of drug-likeness (QED) is 0.923. The molecule has 0 radical (unpaired) electrons. The van der Waals surface area contributed by atoms with Gasteiger partial charge in [0.2, 0.25) is 0 Å². The predicted molar refractivity (Wildman–Crippen MR) is 75.6 cm³/mol. The molecule has 0 saturated heterocycles. The van der Waals surface area contributed by atoms with Gasteiger partial charge in [-0.25, -0.2) is 4.98 Å². The summed E-state index contributed by atoms with van der Waals surface area (Å²) < 4.78 is 3.39. The van der Waals surface area contributed by atoms with Crippen molar-refractivity contribution in [1.82, 2.24) is 14.9 Å². The molecule has 2 aromatic rings. The van der Waals surface area contributed by atoms with Gasteiger partial charge in [-0.15, -0.1) is 0 Å². The fraction of sp³-hybridized carbons (Fsp3) is 0.357. The fourth-order valence-corrected chi connectivity index (χ4v) is 2.95. The minimum atomic E-state index is 0.892. The van der Waals surface area contributed by atoms with E-state index >= 15 is 0 Å². The van der Waals surface area contributed by atoms with Gasteiger partial charge in [0.15, 0.2) is 0 Å². The van der Waals surface area contributed by atoms with E-state index in [1.54, 1.807) is 0 Å². The summed E-state index contributed by atoms with van der Waals surface area (Å²) in [4.78, 5) is 4.76. The molecule has 0 atom stereocenters. The van der Waals surface area contributed by atoms with Gasteiger partial charge < -0.3 is 9.88 Å². The Morgan fingerprint density at radius 3 is 3.11 bits per heavy atom. The molecule has 0 aliphatic carbocycles. The maximum absolute atomic E-state index is 4.76. The van der Waals surface area contributed by atoms with Crippen LogP contribution in [0.3, 0.4) is 0 Å². The van der Waals surface area contributed by atoms with E-state index in [2.05, 4.69) is 57.1 Å². The maximum Gasteiger partial charge on any atom is 0.113 e. The van der Waals surface area contributed by atoms with Gasteiger partial charge in [-0.2, -0.15) is 0 Å². The van der Waals surface area contributed by atoms with Crippen molar-refractivity contribution in [2.24, 2.45) is 7.05 Å². The molecule has 0 bridgehead atoms. The summed E-state index contributed by atoms with van der Waals surface area (Å²) in [6.07, 6.45) is 1.97. The van der Waals surface area contributed by atoms with Crippen LogP contribution in [0, 0.1) is 0 Å². The smallest absolute Gasteiger partial charge is 0.113 e. The lowest BCUT2D eigenvalue weighted by molar-refractivity contribution is 0.610. The molecule has 0 spiro atoms. The van der Waals surface area contributed by atoms with Crippen LogP contribution in [0.15, 0.2) is 28.7 Å². The van der Waals surface area contributed by atoms with Gasteiger partial charge in [0.1, 0.15) is 5.82 Å². The largest absolute Gasteiger partial charge is 0.334 e. The molecule has 1 aliphatic rings. The number of nitrogens with one attached hydrogen (secondary N) is 1. The molecule has 1 N–H and O–H groups in total. The van der Waals surface area contributed by atoms with E-state index in [-0.39, 0.29) is 0 Å². The normalized spacial score (nSPS) is 14.6. The van der Waals surface area contributed by atoms with Crippen molar-refractivity contribution in [3.8, 4) is 0 Å². The van der Waals surface area contributed by atoms with E-state index in [1.165, 1.54) is 17.0 Å². The standard InChI is InChI=1S/C14H16BrN3/c1-18-13-5-6-16-9-12(13)17-14(18)8-10-3-2-4-11(15)7-10/h2-4,7,16H,5-6,8-9H2,1H3. The van der Waals surface area contributed by atoms with E-state index in [9.17, 15) is 0 Å². The van der Waals surface area contributed by atoms with Crippen LogP contribution < -0.4 is 5.32 Å². The average Bonchev–Trinajstić information content (AvgIpc) is 2.67. The average molecular weight is 306 g/mol. The third kappa shape index (κ3) is 2.22. The molecule has 0 fully saturated rings. The monoisotopic (exact) mass is 305 g/mol. The van der Waals surface area contributed by atoms with Gasteiger partial charge in [0, 0.05) is 43.1 Å². The number of aromatic nitrogens is 2. The predicted octanol–water partition coefficient (Wildman–Crippen LogP) is 2.42. The highest BCUT2D eigenvalue weighted by molar-refractivity contribution is 9.10. The lowest BCUT2D eigenvalue weighted by Gasteiger charge is -2.13. The Kier molecular flexibility index (Phi) is 3.22. The summed E-state index contributed by atoms with van der Waals surface area (Å²) in [5, 5.41) is 3.37. The van der Waals surface area contributed by atoms with Gasteiger partial charge in [-0.05, 0) is 17.7 Å². The van der Waals surface area contributed by atoms with Crippen molar-refractivity contribution in [2.45, 2.75) is 19.4 Å². The number of hydrogen-bond acceptors (Lipinski definition) is 2. The van der Waals surface area contributed by atoms with Crippen LogP contribution >= 0.6 is 15.9 Å². The van der Waals surface area contributed by atoms with Crippen LogP contribution in [-0.2, 0) is 26.4 Å². The molecule has 1 aliphatic heterocycles. The van der Waals surface area contributed by atoms with Crippen molar-refractivity contribution in [3.63, 3.8) is 0 Å². The molecule has 3 nitrogen and oxygen atoms in total. The van der Waals surface area contributed by atoms with Crippen LogP contribution in [0.2, 0.25) is 0 Å². The molecule has 18 heavy (non-hydrogen) atoms. The van der Waals surface area contributed by atoms with Crippen LogP contribution in [0.4, 0.5) is 0 Å². The fourth-order valence-electron chi connectivity index (χ4n) is 2.50. The molecule has 94 valence electrons. The first-order chi connectivity index (χ1) is 8.74. The number of hydrogen-bond donors (Lipinski definition) is 1. The highest BCUT2D eigenvalue weighted by Gasteiger charge is 2.17. The number of halogens is 1. The summed E-state index contributed by atoms with van der Waals surface area (Å²) in [6, 6.07) is 8.43. The maximum atomic E-state index is 4.76. The summed E-state index contributed by atoms with van der Waals surface area (Å²) in [6.45, 7) is 1.96. The van der Waals surface area contributed by atoms with Crippen molar-refractivity contribution in [3.05, 3.63) is 51.5 Å². The van der Waals surface area contributed by atoms with Crippen LogP contribution in [-0.4, -0.2) is 16.1 Å². The summed E-state index contributed by atoms with van der Waals surface area (Å²) in [5.74, 6) is 1.15. The van der Waals surface area contributed by atoms with Gasteiger partial charge in [-0.1, -0.05) is 28.1 Å². The molecule has 1 aromatic heterocycles. The molecule has 0 unspecified atom stereocenters. The lowest BCUT2D eigenvalue weighted by Crippen LogP contribution is -2.24.